The second-order valence-electron chi connectivity index (χ2n) is 5.15. The van der Waals surface area contributed by atoms with Crippen LogP contribution in [-0.2, 0) is 26.0 Å². The molecule has 3 N–H and O–H groups in total. The molecule has 1 aromatic rings. The van der Waals surface area contributed by atoms with Gasteiger partial charge in [0.25, 0.3) is 0 Å². The lowest BCUT2D eigenvalue weighted by Gasteiger charge is -2.24. The van der Waals surface area contributed by atoms with Crippen LogP contribution in [0.25, 0.3) is 0 Å². The van der Waals surface area contributed by atoms with Crippen LogP contribution in [0.2, 0.25) is 0 Å². The summed E-state index contributed by atoms with van der Waals surface area (Å²) < 4.78 is 23.6. The third kappa shape index (κ3) is 3.84. The van der Waals surface area contributed by atoms with Gasteiger partial charge < -0.3 is 10.0 Å². The van der Waals surface area contributed by atoms with Gasteiger partial charge in [-0.3, -0.25) is 4.79 Å². The van der Waals surface area contributed by atoms with Crippen molar-refractivity contribution in [3.05, 3.63) is 34.3 Å². The van der Waals surface area contributed by atoms with E-state index >= 15 is 0 Å². The van der Waals surface area contributed by atoms with Crippen molar-refractivity contribution in [3.63, 3.8) is 0 Å². The lowest BCUT2D eigenvalue weighted by atomic mass is 10.1. The van der Waals surface area contributed by atoms with Crippen molar-refractivity contribution in [3.8, 4) is 0 Å². The van der Waals surface area contributed by atoms with Crippen molar-refractivity contribution in [1.29, 1.82) is 0 Å². The number of carboxylic acids is 1. The summed E-state index contributed by atoms with van der Waals surface area (Å²) in [6.07, 6.45) is -0.172. The first-order valence-corrected chi connectivity index (χ1v) is 8.87. The SMILES string of the molecule is NS(=O)(=O)C1CC(=O)N(C(Cc2ccc(Br)cc2)C(=O)O)C1. The van der Waals surface area contributed by atoms with Crippen molar-refractivity contribution < 1.29 is 23.1 Å². The molecular formula is C13H15BrN2O5S. The topological polar surface area (TPSA) is 118 Å². The van der Waals surface area contributed by atoms with Gasteiger partial charge in [0.05, 0.1) is 0 Å². The molecule has 1 fully saturated rings. The molecule has 22 heavy (non-hydrogen) atoms. The van der Waals surface area contributed by atoms with Crippen LogP contribution in [0.1, 0.15) is 12.0 Å². The van der Waals surface area contributed by atoms with E-state index in [0.29, 0.717) is 0 Å². The molecule has 0 aliphatic carbocycles. The smallest absolute Gasteiger partial charge is 0.326 e. The zero-order valence-corrected chi connectivity index (χ0v) is 13.9. The van der Waals surface area contributed by atoms with Crippen LogP contribution in [0.5, 0.6) is 0 Å². The van der Waals surface area contributed by atoms with E-state index in [1.54, 1.807) is 24.3 Å². The number of sulfonamides is 1. The van der Waals surface area contributed by atoms with Gasteiger partial charge in [0.1, 0.15) is 11.3 Å². The Bertz CT molecular complexity index is 689. The number of primary sulfonamides is 1. The van der Waals surface area contributed by atoms with E-state index < -0.39 is 33.2 Å². The van der Waals surface area contributed by atoms with Crippen LogP contribution in [0.3, 0.4) is 0 Å². The summed E-state index contributed by atoms with van der Waals surface area (Å²) in [6, 6.07) is 5.93. The molecule has 2 unspecified atom stereocenters. The molecule has 1 aromatic carbocycles. The van der Waals surface area contributed by atoms with Crippen LogP contribution < -0.4 is 5.14 Å². The summed E-state index contributed by atoms with van der Waals surface area (Å²) in [7, 11) is -3.87. The summed E-state index contributed by atoms with van der Waals surface area (Å²) >= 11 is 3.28. The highest BCUT2D eigenvalue weighted by atomic mass is 79.9. The van der Waals surface area contributed by atoms with Gasteiger partial charge in [-0.1, -0.05) is 28.1 Å². The predicted molar refractivity (Wildman–Crippen MR) is 82.5 cm³/mol. The van der Waals surface area contributed by atoms with Crippen LogP contribution in [0.15, 0.2) is 28.7 Å². The molecule has 0 aromatic heterocycles. The van der Waals surface area contributed by atoms with Crippen LogP contribution >= 0.6 is 15.9 Å². The zero-order chi connectivity index (χ0) is 16.5. The molecule has 120 valence electrons. The third-order valence-corrected chi connectivity index (χ3v) is 5.36. The minimum atomic E-state index is -3.87. The van der Waals surface area contributed by atoms with Crippen molar-refractivity contribution in [2.45, 2.75) is 24.1 Å². The normalized spacial score (nSPS) is 20.2. The van der Waals surface area contributed by atoms with Gasteiger partial charge in [0.2, 0.25) is 15.9 Å². The fraction of sp³-hybridized carbons (Fsp3) is 0.385. The summed E-state index contributed by atoms with van der Waals surface area (Å²) in [5.41, 5.74) is 0.738. The molecule has 1 heterocycles. The van der Waals surface area contributed by atoms with Gasteiger partial charge in [-0.05, 0) is 17.7 Å². The lowest BCUT2D eigenvalue weighted by molar-refractivity contribution is -0.148. The quantitative estimate of drug-likeness (QED) is 0.750. The number of likely N-dealkylation sites (tertiary alicyclic amines) is 1. The van der Waals surface area contributed by atoms with E-state index in [1.165, 1.54) is 0 Å². The molecule has 2 atom stereocenters. The molecular weight excluding hydrogens is 376 g/mol. The fourth-order valence-corrected chi connectivity index (χ4v) is 3.40. The average molecular weight is 391 g/mol. The van der Waals surface area contributed by atoms with E-state index in [4.69, 9.17) is 5.14 Å². The number of hydrogen-bond donors (Lipinski definition) is 2. The van der Waals surface area contributed by atoms with Crippen LogP contribution in [-0.4, -0.2) is 48.1 Å². The first-order chi connectivity index (χ1) is 10.2. The maximum atomic E-state index is 12.0. The molecule has 1 aliphatic heterocycles. The molecule has 0 saturated carbocycles. The highest BCUT2D eigenvalue weighted by Crippen LogP contribution is 2.22. The number of benzene rings is 1. The van der Waals surface area contributed by atoms with E-state index in [2.05, 4.69) is 15.9 Å². The maximum absolute atomic E-state index is 12.0. The predicted octanol–water partition coefficient (Wildman–Crippen LogP) is 0.334. The van der Waals surface area contributed by atoms with Gasteiger partial charge in [-0.25, -0.2) is 18.4 Å². The number of halogens is 1. The Kier molecular flexibility index (Phi) is 4.88. The van der Waals surface area contributed by atoms with Crippen LogP contribution in [0, 0.1) is 0 Å². The van der Waals surface area contributed by atoms with Crippen molar-refractivity contribution in [1.82, 2.24) is 4.90 Å². The Labute approximate surface area is 136 Å². The molecule has 0 bridgehead atoms. The Morgan fingerprint density at radius 1 is 1.41 bits per heavy atom. The maximum Gasteiger partial charge on any atom is 0.326 e. The van der Waals surface area contributed by atoms with Crippen molar-refractivity contribution in [2.24, 2.45) is 5.14 Å². The lowest BCUT2D eigenvalue weighted by Crippen LogP contribution is -2.44. The fourth-order valence-electron chi connectivity index (χ4n) is 2.39. The number of amides is 1. The number of nitrogens with two attached hydrogens (primary N) is 1. The molecule has 0 radical (unpaired) electrons. The first-order valence-electron chi connectivity index (χ1n) is 6.47. The molecule has 2 rings (SSSR count). The number of nitrogens with zero attached hydrogens (tertiary/aromatic N) is 1. The van der Waals surface area contributed by atoms with Gasteiger partial charge in [0.15, 0.2) is 0 Å². The van der Waals surface area contributed by atoms with E-state index in [0.717, 1.165) is 14.9 Å². The molecule has 7 nitrogen and oxygen atoms in total. The largest absolute Gasteiger partial charge is 0.480 e. The van der Waals surface area contributed by atoms with Crippen molar-refractivity contribution >= 4 is 37.8 Å². The average Bonchev–Trinajstić information content (AvgIpc) is 2.79. The first kappa shape index (κ1) is 16.9. The number of rotatable bonds is 5. The minimum absolute atomic E-state index is 0.103. The number of hydrogen-bond acceptors (Lipinski definition) is 4. The third-order valence-electron chi connectivity index (χ3n) is 3.59. The standard InChI is InChI=1S/C13H15BrN2O5S/c14-9-3-1-8(2-4-9)5-11(13(18)19)16-7-10(6-12(16)17)22(15,20)21/h1-4,10-11H,5-7H2,(H,18,19)(H2,15,20,21). The summed E-state index contributed by atoms with van der Waals surface area (Å²) in [4.78, 5) is 24.5. The number of carbonyl (C=O) groups is 2. The van der Waals surface area contributed by atoms with E-state index in [9.17, 15) is 23.1 Å². The number of aliphatic carboxylic acids is 1. The van der Waals surface area contributed by atoms with Gasteiger partial charge in [0, 0.05) is 23.9 Å². The molecule has 1 saturated heterocycles. The second-order valence-corrected chi connectivity index (χ2v) is 7.91. The Morgan fingerprint density at radius 3 is 2.45 bits per heavy atom. The highest BCUT2D eigenvalue weighted by Gasteiger charge is 2.41. The zero-order valence-electron chi connectivity index (χ0n) is 11.5. The summed E-state index contributed by atoms with van der Waals surface area (Å²) in [5, 5.41) is 13.4. The monoisotopic (exact) mass is 390 g/mol. The van der Waals surface area contributed by atoms with Crippen molar-refractivity contribution in [2.75, 3.05) is 6.54 Å². The van der Waals surface area contributed by atoms with Gasteiger partial charge in [-0.15, -0.1) is 0 Å². The second kappa shape index (κ2) is 6.35. The number of carboxylic acid groups (broad SMARTS) is 1. The Morgan fingerprint density at radius 2 is 2.00 bits per heavy atom. The number of carbonyl (C=O) groups excluding carboxylic acids is 1. The van der Waals surface area contributed by atoms with E-state index in [1.807, 2.05) is 0 Å². The Hall–Kier alpha value is -1.45. The molecule has 1 amide bonds. The highest BCUT2D eigenvalue weighted by molar-refractivity contribution is 9.10. The summed E-state index contributed by atoms with van der Waals surface area (Å²) in [6.45, 7) is -0.189. The molecule has 0 spiro atoms. The Balaban J connectivity index is 2.20. The summed E-state index contributed by atoms with van der Waals surface area (Å²) in [5.74, 6) is -1.69. The minimum Gasteiger partial charge on any atom is -0.480 e. The van der Waals surface area contributed by atoms with Gasteiger partial charge >= 0.3 is 5.97 Å². The molecule has 1 aliphatic rings. The van der Waals surface area contributed by atoms with Gasteiger partial charge in [-0.2, -0.15) is 0 Å². The van der Waals surface area contributed by atoms with E-state index in [-0.39, 0.29) is 19.4 Å². The molecule has 9 heteroatoms. The van der Waals surface area contributed by atoms with Crippen LogP contribution in [0.4, 0.5) is 0 Å².